The average molecular weight is 206 g/mol. The number of carbonyl (C=O) groups is 1. The topological polar surface area (TPSA) is 64.4 Å². The SMILES string of the molecule is CC1(C)CC(=O)Nc2cc(N)ccc2O1. The van der Waals surface area contributed by atoms with Crippen LogP contribution in [0.15, 0.2) is 18.2 Å². The number of rotatable bonds is 0. The van der Waals surface area contributed by atoms with E-state index >= 15 is 0 Å². The van der Waals surface area contributed by atoms with E-state index in [1.807, 2.05) is 13.8 Å². The monoisotopic (exact) mass is 206 g/mol. The summed E-state index contributed by atoms with van der Waals surface area (Å²) >= 11 is 0. The highest BCUT2D eigenvalue weighted by Gasteiger charge is 2.28. The van der Waals surface area contributed by atoms with E-state index in [4.69, 9.17) is 10.5 Å². The molecule has 1 aliphatic rings. The van der Waals surface area contributed by atoms with E-state index in [0.29, 0.717) is 23.5 Å². The van der Waals surface area contributed by atoms with E-state index < -0.39 is 5.60 Å². The second-order valence-electron chi connectivity index (χ2n) is 4.34. The third-order valence-corrected chi connectivity index (χ3v) is 2.25. The summed E-state index contributed by atoms with van der Waals surface area (Å²) in [7, 11) is 0. The average Bonchev–Trinajstić information content (AvgIpc) is 2.18. The number of benzene rings is 1. The minimum absolute atomic E-state index is 0.0515. The standard InChI is InChI=1S/C11H14N2O2/c1-11(2)6-10(14)13-8-5-7(12)3-4-9(8)15-11/h3-5H,6,12H2,1-2H3,(H,13,14). The van der Waals surface area contributed by atoms with Crippen molar-refractivity contribution in [2.75, 3.05) is 11.1 Å². The van der Waals surface area contributed by atoms with Gasteiger partial charge in [0.2, 0.25) is 5.91 Å². The fourth-order valence-electron chi connectivity index (χ4n) is 1.65. The van der Waals surface area contributed by atoms with Gasteiger partial charge in [-0.15, -0.1) is 0 Å². The van der Waals surface area contributed by atoms with Crippen LogP contribution in [0.5, 0.6) is 5.75 Å². The van der Waals surface area contributed by atoms with Gasteiger partial charge in [0.1, 0.15) is 11.4 Å². The Labute approximate surface area is 88.4 Å². The second-order valence-corrected chi connectivity index (χ2v) is 4.34. The summed E-state index contributed by atoms with van der Waals surface area (Å²) in [5.41, 5.74) is 6.41. The van der Waals surface area contributed by atoms with Gasteiger partial charge >= 0.3 is 0 Å². The smallest absolute Gasteiger partial charge is 0.228 e. The number of anilines is 2. The summed E-state index contributed by atoms with van der Waals surface area (Å²) in [6.45, 7) is 3.77. The molecule has 0 fully saturated rings. The van der Waals surface area contributed by atoms with Crippen LogP contribution in [0.1, 0.15) is 20.3 Å². The van der Waals surface area contributed by atoms with Gasteiger partial charge in [0, 0.05) is 5.69 Å². The Balaban J connectivity index is 2.45. The lowest BCUT2D eigenvalue weighted by Crippen LogP contribution is -2.30. The fraction of sp³-hybridized carbons (Fsp3) is 0.364. The maximum Gasteiger partial charge on any atom is 0.228 e. The van der Waals surface area contributed by atoms with Gasteiger partial charge in [-0.1, -0.05) is 0 Å². The number of ether oxygens (including phenoxy) is 1. The minimum Gasteiger partial charge on any atom is -0.485 e. The molecule has 0 bridgehead atoms. The summed E-state index contributed by atoms with van der Waals surface area (Å²) < 4.78 is 5.73. The van der Waals surface area contributed by atoms with Gasteiger partial charge in [0.25, 0.3) is 0 Å². The molecule has 0 unspecified atom stereocenters. The van der Waals surface area contributed by atoms with Gasteiger partial charge in [0.15, 0.2) is 0 Å². The van der Waals surface area contributed by atoms with Crippen molar-refractivity contribution in [3.8, 4) is 5.75 Å². The first kappa shape index (κ1) is 9.83. The Morgan fingerprint density at radius 3 is 2.93 bits per heavy atom. The number of hydrogen-bond acceptors (Lipinski definition) is 3. The van der Waals surface area contributed by atoms with Crippen molar-refractivity contribution in [1.82, 2.24) is 0 Å². The van der Waals surface area contributed by atoms with E-state index in [1.54, 1.807) is 18.2 Å². The van der Waals surface area contributed by atoms with Crippen LogP contribution >= 0.6 is 0 Å². The van der Waals surface area contributed by atoms with Crippen LogP contribution in [-0.2, 0) is 4.79 Å². The van der Waals surface area contributed by atoms with E-state index in [-0.39, 0.29) is 5.91 Å². The van der Waals surface area contributed by atoms with Crippen LogP contribution < -0.4 is 15.8 Å². The molecule has 1 aliphatic heterocycles. The highest BCUT2D eigenvalue weighted by atomic mass is 16.5. The first-order valence-corrected chi connectivity index (χ1v) is 4.85. The number of fused-ring (bicyclic) bond motifs is 1. The molecule has 0 spiro atoms. The number of carbonyl (C=O) groups excluding carboxylic acids is 1. The van der Waals surface area contributed by atoms with Crippen molar-refractivity contribution in [3.05, 3.63) is 18.2 Å². The molecule has 0 atom stereocenters. The Morgan fingerprint density at radius 1 is 1.47 bits per heavy atom. The zero-order valence-electron chi connectivity index (χ0n) is 8.83. The Morgan fingerprint density at radius 2 is 2.20 bits per heavy atom. The van der Waals surface area contributed by atoms with Gasteiger partial charge in [-0.05, 0) is 32.0 Å². The van der Waals surface area contributed by atoms with Crippen LogP contribution in [0.3, 0.4) is 0 Å². The molecule has 2 rings (SSSR count). The van der Waals surface area contributed by atoms with Crippen molar-refractivity contribution in [3.63, 3.8) is 0 Å². The molecule has 1 heterocycles. The summed E-state index contributed by atoms with van der Waals surface area (Å²) in [5, 5.41) is 2.77. The normalized spacial score (nSPS) is 18.4. The van der Waals surface area contributed by atoms with Crippen LogP contribution in [0.2, 0.25) is 0 Å². The molecule has 0 saturated carbocycles. The quantitative estimate of drug-likeness (QED) is 0.636. The predicted octanol–water partition coefficient (Wildman–Crippen LogP) is 1.77. The van der Waals surface area contributed by atoms with Crippen LogP contribution in [-0.4, -0.2) is 11.5 Å². The molecule has 1 aromatic rings. The van der Waals surface area contributed by atoms with Crippen LogP contribution in [0.25, 0.3) is 0 Å². The van der Waals surface area contributed by atoms with Gasteiger partial charge in [-0.25, -0.2) is 0 Å². The predicted molar refractivity (Wildman–Crippen MR) is 58.8 cm³/mol. The lowest BCUT2D eigenvalue weighted by molar-refractivity contribution is -0.118. The van der Waals surface area contributed by atoms with E-state index in [9.17, 15) is 4.79 Å². The molecule has 80 valence electrons. The molecule has 0 radical (unpaired) electrons. The largest absolute Gasteiger partial charge is 0.485 e. The van der Waals surface area contributed by atoms with Crippen LogP contribution in [0, 0.1) is 0 Å². The Hall–Kier alpha value is -1.71. The van der Waals surface area contributed by atoms with E-state index in [2.05, 4.69) is 5.32 Å². The molecule has 15 heavy (non-hydrogen) atoms. The highest BCUT2D eigenvalue weighted by molar-refractivity contribution is 5.94. The number of nitrogen functional groups attached to an aromatic ring is 1. The summed E-state index contributed by atoms with van der Waals surface area (Å²) in [5.74, 6) is 0.615. The molecule has 1 amide bonds. The summed E-state index contributed by atoms with van der Waals surface area (Å²) in [4.78, 5) is 11.5. The van der Waals surface area contributed by atoms with Gasteiger partial charge in [0.05, 0.1) is 12.1 Å². The zero-order valence-corrected chi connectivity index (χ0v) is 8.83. The molecular weight excluding hydrogens is 192 g/mol. The van der Waals surface area contributed by atoms with Crippen LogP contribution in [0.4, 0.5) is 11.4 Å². The summed E-state index contributed by atoms with van der Waals surface area (Å²) in [6, 6.07) is 5.24. The van der Waals surface area contributed by atoms with Gasteiger partial charge in [-0.2, -0.15) is 0 Å². The van der Waals surface area contributed by atoms with Crippen molar-refractivity contribution in [2.24, 2.45) is 0 Å². The molecule has 0 aliphatic carbocycles. The summed E-state index contributed by atoms with van der Waals surface area (Å²) in [6.07, 6.45) is 0.335. The number of nitrogens with two attached hydrogens (primary N) is 1. The molecule has 4 heteroatoms. The molecular formula is C11H14N2O2. The maximum absolute atomic E-state index is 11.5. The lowest BCUT2D eigenvalue weighted by Gasteiger charge is -2.23. The number of nitrogens with one attached hydrogen (secondary N) is 1. The third-order valence-electron chi connectivity index (χ3n) is 2.25. The maximum atomic E-state index is 11.5. The van der Waals surface area contributed by atoms with Gasteiger partial charge in [-0.3, -0.25) is 4.79 Å². The number of hydrogen-bond donors (Lipinski definition) is 2. The Bertz CT molecular complexity index is 413. The minimum atomic E-state index is -0.481. The van der Waals surface area contributed by atoms with Crippen molar-refractivity contribution < 1.29 is 9.53 Å². The second kappa shape index (κ2) is 3.15. The zero-order chi connectivity index (χ0) is 11.1. The van der Waals surface area contributed by atoms with Crippen molar-refractivity contribution >= 4 is 17.3 Å². The first-order chi connectivity index (χ1) is 6.96. The first-order valence-electron chi connectivity index (χ1n) is 4.85. The number of amides is 1. The molecule has 0 aromatic heterocycles. The van der Waals surface area contributed by atoms with Crippen molar-refractivity contribution in [1.29, 1.82) is 0 Å². The van der Waals surface area contributed by atoms with E-state index in [0.717, 1.165) is 0 Å². The molecule has 3 N–H and O–H groups in total. The Kier molecular flexibility index (Phi) is 2.07. The third kappa shape index (κ3) is 2.03. The highest BCUT2D eigenvalue weighted by Crippen LogP contribution is 2.33. The fourth-order valence-corrected chi connectivity index (χ4v) is 1.65. The van der Waals surface area contributed by atoms with Crippen molar-refractivity contribution in [2.45, 2.75) is 25.9 Å². The lowest BCUT2D eigenvalue weighted by atomic mass is 10.1. The van der Waals surface area contributed by atoms with Gasteiger partial charge < -0.3 is 15.8 Å². The molecule has 0 saturated heterocycles. The van der Waals surface area contributed by atoms with E-state index in [1.165, 1.54) is 0 Å². The molecule has 1 aromatic carbocycles. The molecule has 4 nitrogen and oxygen atoms in total.